The van der Waals surface area contributed by atoms with Crippen LogP contribution in [0.1, 0.15) is 12.5 Å². The summed E-state index contributed by atoms with van der Waals surface area (Å²) in [5.74, 6) is -0.959. The number of nitro groups is 1. The number of rotatable bonds is 6. The van der Waals surface area contributed by atoms with Gasteiger partial charge in [-0.25, -0.2) is 0 Å². The van der Waals surface area contributed by atoms with E-state index in [2.05, 4.69) is 10.6 Å². The summed E-state index contributed by atoms with van der Waals surface area (Å²) in [5, 5.41) is 16.8. The van der Waals surface area contributed by atoms with Gasteiger partial charge in [0.15, 0.2) is 0 Å². The molecule has 9 heteroatoms. The van der Waals surface area contributed by atoms with Crippen LogP contribution in [0.4, 0.5) is 21.5 Å². The number of carbonyl (C=O) groups excluding carboxylic acids is 1. The molecule has 7 nitrogen and oxygen atoms in total. The van der Waals surface area contributed by atoms with E-state index >= 15 is 0 Å². The predicted octanol–water partition coefficient (Wildman–Crippen LogP) is 4.14. The van der Waals surface area contributed by atoms with Gasteiger partial charge in [-0.3, -0.25) is 14.9 Å². The molecule has 0 aromatic heterocycles. The molecule has 0 bridgehead atoms. The summed E-state index contributed by atoms with van der Waals surface area (Å²) in [4.78, 5) is 22.3. The highest BCUT2D eigenvalue weighted by atomic mass is 35.5. The molecule has 1 amide bonds. The van der Waals surface area contributed by atoms with Gasteiger partial charge in [0.2, 0.25) is 11.7 Å². The number of nitrogens with zero attached hydrogens (tertiary/aromatic N) is 1. The summed E-state index contributed by atoms with van der Waals surface area (Å²) in [6.07, 6.45) is 0. The third kappa shape index (κ3) is 4.40. The molecule has 2 aromatic rings. The summed E-state index contributed by atoms with van der Waals surface area (Å²) in [6, 6.07) is 5.82. The highest BCUT2D eigenvalue weighted by molar-refractivity contribution is 6.31. The van der Waals surface area contributed by atoms with Gasteiger partial charge >= 0.3 is 5.69 Å². The molecular formula is C17H17ClFN3O4. The number of hydrogen-bond acceptors (Lipinski definition) is 5. The molecule has 0 spiro atoms. The molecule has 138 valence electrons. The summed E-state index contributed by atoms with van der Waals surface area (Å²) in [7, 11) is 1.48. The van der Waals surface area contributed by atoms with Crippen LogP contribution in [-0.2, 0) is 4.79 Å². The van der Waals surface area contributed by atoms with Gasteiger partial charge in [-0.15, -0.1) is 0 Å². The van der Waals surface area contributed by atoms with Crippen LogP contribution in [0.15, 0.2) is 30.3 Å². The molecule has 0 heterocycles. The van der Waals surface area contributed by atoms with Crippen molar-refractivity contribution in [2.45, 2.75) is 19.9 Å². The molecule has 0 aliphatic heterocycles. The molecule has 0 fully saturated rings. The quantitative estimate of drug-likeness (QED) is 0.579. The first-order valence-corrected chi connectivity index (χ1v) is 7.96. The van der Waals surface area contributed by atoms with Crippen LogP contribution in [0.25, 0.3) is 0 Å². The minimum Gasteiger partial charge on any atom is -0.495 e. The van der Waals surface area contributed by atoms with Crippen LogP contribution in [-0.4, -0.2) is 24.0 Å². The minimum absolute atomic E-state index is 0.121. The Balaban J connectivity index is 2.15. The lowest BCUT2D eigenvalue weighted by Crippen LogP contribution is -2.32. The Kier molecular flexibility index (Phi) is 5.99. The van der Waals surface area contributed by atoms with Crippen molar-refractivity contribution in [3.05, 3.63) is 56.8 Å². The number of aryl methyl sites for hydroxylation is 1. The van der Waals surface area contributed by atoms with Gasteiger partial charge in [-0.05, 0) is 37.6 Å². The number of nitro benzene ring substituents is 1. The van der Waals surface area contributed by atoms with Crippen molar-refractivity contribution in [3.8, 4) is 5.75 Å². The second-order valence-corrected chi connectivity index (χ2v) is 5.99. The molecule has 0 unspecified atom stereocenters. The molecular weight excluding hydrogens is 365 g/mol. The number of amides is 1. The molecule has 2 rings (SSSR count). The first-order chi connectivity index (χ1) is 12.2. The number of methoxy groups -OCH3 is 1. The van der Waals surface area contributed by atoms with Gasteiger partial charge < -0.3 is 15.4 Å². The fourth-order valence-electron chi connectivity index (χ4n) is 2.22. The van der Waals surface area contributed by atoms with Crippen molar-refractivity contribution in [1.82, 2.24) is 0 Å². The normalized spacial score (nSPS) is 11.6. The highest BCUT2D eigenvalue weighted by Crippen LogP contribution is 2.31. The lowest BCUT2D eigenvalue weighted by Gasteiger charge is -2.18. The molecule has 0 saturated carbocycles. The second kappa shape index (κ2) is 8.01. The van der Waals surface area contributed by atoms with E-state index in [-0.39, 0.29) is 5.69 Å². The van der Waals surface area contributed by atoms with E-state index in [1.54, 1.807) is 19.1 Å². The molecule has 0 aliphatic carbocycles. The van der Waals surface area contributed by atoms with Crippen LogP contribution >= 0.6 is 11.6 Å². The summed E-state index contributed by atoms with van der Waals surface area (Å²) < 4.78 is 18.6. The molecule has 2 N–H and O–H groups in total. The van der Waals surface area contributed by atoms with E-state index in [1.807, 2.05) is 6.92 Å². The van der Waals surface area contributed by atoms with Crippen molar-refractivity contribution < 1.29 is 18.8 Å². The zero-order chi connectivity index (χ0) is 19.4. The molecule has 1 atom stereocenters. The number of halogens is 2. The minimum atomic E-state index is -0.972. The summed E-state index contributed by atoms with van der Waals surface area (Å²) >= 11 is 6.05. The van der Waals surface area contributed by atoms with Crippen LogP contribution in [0.2, 0.25) is 5.02 Å². The number of anilines is 2. The van der Waals surface area contributed by atoms with Gasteiger partial charge in [-0.2, -0.15) is 4.39 Å². The number of nitrogens with one attached hydrogen (secondary N) is 2. The van der Waals surface area contributed by atoms with E-state index in [4.69, 9.17) is 16.3 Å². The Morgan fingerprint density at radius 2 is 2.04 bits per heavy atom. The average Bonchev–Trinajstić information content (AvgIpc) is 2.59. The fraction of sp³-hybridized carbons (Fsp3) is 0.235. The predicted molar refractivity (Wildman–Crippen MR) is 97.5 cm³/mol. The smallest absolute Gasteiger partial charge is 0.306 e. The molecule has 2 aromatic carbocycles. The maximum absolute atomic E-state index is 13.4. The van der Waals surface area contributed by atoms with Crippen molar-refractivity contribution in [2.75, 3.05) is 17.7 Å². The van der Waals surface area contributed by atoms with Crippen LogP contribution in [0, 0.1) is 22.9 Å². The van der Waals surface area contributed by atoms with Crippen molar-refractivity contribution in [1.29, 1.82) is 0 Å². The van der Waals surface area contributed by atoms with Crippen LogP contribution in [0.3, 0.4) is 0 Å². The van der Waals surface area contributed by atoms with Gasteiger partial charge in [0.1, 0.15) is 11.8 Å². The van der Waals surface area contributed by atoms with Crippen molar-refractivity contribution in [3.63, 3.8) is 0 Å². The SMILES string of the molecule is COc1cc(Cl)c(C)cc1N[C@H](C)C(=O)Nc1ccc(F)c([N+](=O)[O-])c1. The zero-order valence-electron chi connectivity index (χ0n) is 14.3. The third-order valence-corrected chi connectivity index (χ3v) is 4.06. The van der Waals surface area contributed by atoms with Gasteiger partial charge in [0, 0.05) is 22.8 Å². The Morgan fingerprint density at radius 3 is 2.65 bits per heavy atom. The Hall–Kier alpha value is -2.87. The lowest BCUT2D eigenvalue weighted by molar-refractivity contribution is -0.387. The van der Waals surface area contributed by atoms with Crippen molar-refractivity contribution >= 4 is 34.6 Å². The first-order valence-electron chi connectivity index (χ1n) is 7.58. The molecule has 26 heavy (non-hydrogen) atoms. The second-order valence-electron chi connectivity index (χ2n) is 5.58. The highest BCUT2D eigenvalue weighted by Gasteiger charge is 2.19. The Labute approximate surface area is 154 Å². The van der Waals surface area contributed by atoms with Crippen LogP contribution < -0.4 is 15.4 Å². The van der Waals surface area contributed by atoms with E-state index in [0.29, 0.717) is 16.5 Å². The number of carbonyl (C=O) groups is 1. The topological polar surface area (TPSA) is 93.5 Å². The summed E-state index contributed by atoms with van der Waals surface area (Å²) in [5.41, 5.74) is 0.785. The number of benzene rings is 2. The fourth-order valence-corrected chi connectivity index (χ4v) is 2.38. The van der Waals surface area contributed by atoms with Gasteiger partial charge in [-0.1, -0.05) is 11.6 Å². The number of hydrogen-bond donors (Lipinski definition) is 2. The largest absolute Gasteiger partial charge is 0.495 e. The van der Waals surface area contributed by atoms with E-state index < -0.39 is 28.4 Å². The first kappa shape index (κ1) is 19.5. The Bertz CT molecular complexity index is 860. The van der Waals surface area contributed by atoms with Crippen molar-refractivity contribution in [2.24, 2.45) is 0 Å². The van der Waals surface area contributed by atoms with E-state index in [0.717, 1.165) is 17.7 Å². The van der Waals surface area contributed by atoms with Crippen LogP contribution in [0.5, 0.6) is 5.75 Å². The molecule has 0 saturated heterocycles. The monoisotopic (exact) mass is 381 g/mol. The molecule has 0 radical (unpaired) electrons. The lowest BCUT2D eigenvalue weighted by atomic mass is 10.2. The van der Waals surface area contributed by atoms with E-state index in [1.165, 1.54) is 13.2 Å². The van der Waals surface area contributed by atoms with Gasteiger partial charge in [0.25, 0.3) is 0 Å². The molecule has 0 aliphatic rings. The van der Waals surface area contributed by atoms with Gasteiger partial charge in [0.05, 0.1) is 17.7 Å². The standard InChI is InChI=1S/C17H17ClFN3O4/c1-9-6-14(16(26-3)8-12(9)18)20-10(2)17(23)21-11-4-5-13(19)15(7-11)22(24)25/h4-8,10,20H,1-3H3,(H,21,23)/t10-/m1/s1. The van der Waals surface area contributed by atoms with E-state index in [9.17, 15) is 19.3 Å². The number of ether oxygens (including phenoxy) is 1. The zero-order valence-corrected chi connectivity index (χ0v) is 15.1. The average molecular weight is 382 g/mol. The maximum atomic E-state index is 13.4. The summed E-state index contributed by atoms with van der Waals surface area (Å²) in [6.45, 7) is 3.42. The Morgan fingerprint density at radius 1 is 1.35 bits per heavy atom. The maximum Gasteiger partial charge on any atom is 0.306 e. The third-order valence-electron chi connectivity index (χ3n) is 3.66.